The summed E-state index contributed by atoms with van der Waals surface area (Å²) in [5.74, 6) is 1.77. The van der Waals surface area contributed by atoms with Gasteiger partial charge in [-0.05, 0) is 18.3 Å². The second-order valence-corrected chi connectivity index (χ2v) is 3.88. The van der Waals surface area contributed by atoms with Crippen molar-refractivity contribution < 1.29 is 9.53 Å². The van der Waals surface area contributed by atoms with Crippen molar-refractivity contribution in [1.82, 2.24) is 5.32 Å². The van der Waals surface area contributed by atoms with Gasteiger partial charge in [0.05, 0.1) is 6.61 Å². The highest BCUT2D eigenvalue weighted by Crippen LogP contribution is 2.44. The second kappa shape index (κ2) is 2.03. The fraction of sp³-hybridized carbons (Fsp3) is 0.667. The van der Waals surface area contributed by atoms with Gasteiger partial charge in [-0.25, -0.2) is 4.79 Å². The Hall–Kier alpha value is -0.990. The summed E-state index contributed by atoms with van der Waals surface area (Å²) in [6.07, 6.45) is 5.47. The van der Waals surface area contributed by atoms with E-state index in [9.17, 15) is 4.79 Å². The summed E-state index contributed by atoms with van der Waals surface area (Å²) < 4.78 is 4.96. The third kappa shape index (κ3) is 0.687. The Kier molecular flexibility index (Phi) is 1.10. The molecule has 0 radical (unpaired) electrons. The van der Waals surface area contributed by atoms with Crippen molar-refractivity contribution in [3.8, 4) is 0 Å². The molecule has 0 aromatic rings. The van der Waals surface area contributed by atoms with Crippen LogP contribution in [0.5, 0.6) is 0 Å². The molecule has 64 valence electrons. The van der Waals surface area contributed by atoms with Crippen LogP contribution in [0.4, 0.5) is 4.79 Å². The number of rotatable bonds is 0. The third-order valence-electron chi connectivity index (χ3n) is 3.31. The molecule has 4 atom stereocenters. The number of allylic oxidation sites excluding steroid dienone is 1. The SMILES string of the molecule is O=C1N[C@@H]2[C@H](CO1)[C@H]1C=C[C@@H]2C1. The van der Waals surface area contributed by atoms with Gasteiger partial charge in [0.15, 0.2) is 0 Å². The lowest BCUT2D eigenvalue weighted by Gasteiger charge is -2.32. The monoisotopic (exact) mass is 165 g/mol. The molecule has 12 heavy (non-hydrogen) atoms. The molecule has 2 fully saturated rings. The van der Waals surface area contributed by atoms with Gasteiger partial charge in [0, 0.05) is 12.0 Å². The molecular formula is C9H11NO2. The maximum atomic E-state index is 10.9. The van der Waals surface area contributed by atoms with Gasteiger partial charge in [-0.15, -0.1) is 0 Å². The van der Waals surface area contributed by atoms with Crippen LogP contribution in [-0.2, 0) is 4.74 Å². The lowest BCUT2D eigenvalue weighted by atomic mass is 9.89. The summed E-state index contributed by atoms with van der Waals surface area (Å²) in [6.45, 7) is 0.613. The predicted octanol–water partition coefficient (Wildman–Crippen LogP) is 0.917. The van der Waals surface area contributed by atoms with Crippen LogP contribution < -0.4 is 5.32 Å². The third-order valence-corrected chi connectivity index (χ3v) is 3.31. The van der Waals surface area contributed by atoms with Crippen molar-refractivity contribution in [2.45, 2.75) is 12.5 Å². The van der Waals surface area contributed by atoms with Gasteiger partial charge in [-0.2, -0.15) is 0 Å². The first-order valence-electron chi connectivity index (χ1n) is 4.46. The van der Waals surface area contributed by atoms with Crippen LogP contribution in [0, 0.1) is 17.8 Å². The van der Waals surface area contributed by atoms with Crippen molar-refractivity contribution in [3.63, 3.8) is 0 Å². The highest BCUT2D eigenvalue weighted by Gasteiger charge is 2.47. The number of nitrogens with one attached hydrogen (secondary N) is 1. The molecule has 3 aliphatic rings. The van der Waals surface area contributed by atoms with Crippen molar-refractivity contribution in [1.29, 1.82) is 0 Å². The molecule has 3 nitrogen and oxygen atoms in total. The number of hydrogen-bond acceptors (Lipinski definition) is 2. The van der Waals surface area contributed by atoms with E-state index in [1.807, 2.05) is 0 Å². The van der Waals surface area contributed by atoms with Gasteiger partial charge in [0.2, 0.25) is 0 Å². The molecule has 3 heteroatoms. The van der Waals surface area contributed by atoms with E-state index in [4.69, 9.17) is 4.74 Å². The molecule has 0 aromatic carbocycles. The number of cyclic esters (lactones) is 1. The van der Waals surface area contributed by atoms with Gasteiger partial charge >= 0.3 is 6.09 Å². The number of hydrogen-bond donors (Lipinski definition) is 1. The quantitative estimate of drug-likeness (QED) is 0.542. The standard InChI is InChI=1S/C9H11NO2/c11-9-10-8-6-2-1-5(3-6)7(8)4-12-9/h1-2,5-8H,3-4H2,(H,10,11)/t5-,6+,7+,8-/m0/s1. The first-order chi connectivity index (χ1) is 5.84. The number of carbonyl (C=O) groups excluding carboxylic acids is 1. The van der Waals surface area contributed by atoms with E-state index in [-0.39, 0.29) is 6.09 Å². The Morgan fingerprint density at radius 1 is 1.42 bits per heavy atom. The van der Waals surface area contributed by atoms with E-state index < -0.39 is 0 Å². The number of alkyl carbamates (subject to hydrolysis) is 1. The van der Waals surface area contributed by atoms with Crippen LogP contribution in [0.15, 0.2) is 12.2 Å². The van der Waals surface area contributed by atoms with E-state index in [1.165, 1.54) is 6.42 Å². The van der Waals surface area contributed by atoms with Crippen molar-refractivity contribution in [3.05, 3.63) is 12.2 Å². The van der Waals surface area contributed by atoms with E-state index in [1.54, 1.807) is 0 Å². The summed E-state index contributed by atoms with van der Waals surface area (Å²) in [5, 5.41) is 2.90. The molecule has 0 aromatic heterocycles. The van der Waals surface area contributed by atoms with Gasteiger partial charge < -0.3 is 10.1 Å². The maximum Gasteiger partial charge on any atom is 0.407 e. The zero-order valence-corrected chi connectivity index (χ0v) is 6.69. The number of amides is 1. The van der Waals surface area contributed by atoms with Crippen LogP contribution >= 0.6 is 0 Å². The predicted molar refractivity (Wildman–Crippen MR) is 42.5 cm³/mol. The summed E-state index contributed by atoms with van der Waals surface area (Å²) in [4.78, 5) is 10.9. The number of fused-ring (bicyclic) bond motifs is 5. The molecule has 1 aliphatic heterocycles. The van der Waals surface area contributed by atoms with Crippen LogP contribution in [0.25, 0.3) is 0 Å². The molecule has 1 amide bonds. The summed E-state index contributed by atoms with van der Waals surface area (Å²) in [7, 11) is 0. The van der Waals surface area contributed by atoms with Gasteiger partial charge in [-0.1, -0.05) is 12.2 Å². The smallest absolute Gasteiger partial charge is 0.407 e. The molecule has 1 N–H and O–H groups in total. The first-order valence-corrected chi connectivity index (χ1v) is 4.46. The van der Waals surface area contributed by atoms with Crippen molar-refractivity contribution >= 4 is 6.09 Å². The van der Waals surface area contributed by atoms with E-state index in [2.05, 4.69) is 17.5 Å². The normalized spacial score (nSPS) is 48.5. The lowest BCUT2D eigenvalue weighted by Crippen LogP contribution is -2.49. The number of carbonyl (C=O) groups is 1. The van der Waals surface area contributed by atoms with Crippen LogP contribution in [0.1, 0.15) is 6.42 Å². The molecular weight excluding hydrogens is 154 g/mol. The molecule has 1 saturated carbocycles. The molecule has 0 unspecified atom stereocenters. The average Bonchev–Trinajstić information content (AvgIpc) is 2.63. The zero-order valence-electron chi connectivity index (χ0n) is 6.69. The minimum atomic E-state index is -0.239. The average molecular weight is 165 g/mol. The zero-order chi connectivity index (χ0) is 8.13. The van der Waals surface area contributed by atoms with Crippen LogP contribution in [0.3, 0.4) is 0 Å². The Bertz CT molecular complexity index is 261. The second-order valence-electron chi connectivity index (χ2n) is 3.88. The molecule has 2 bridgehead atoms. The molecule has 0 spiro atoms. The fourth-order valence-corrected chi connectivity index (χ4v) is 2.72. The Morgan fingerprint density at radius 3 is 3.17 bits per heavy atom. The maximum absolute atomic E-state index is 10.9. The Balaban J connectivity index is 1.90. The Labute approximate surface area is 70.8 Å². The van der Waals surface area contributed by atoms with Crippen LogP contribution in [-0.4, -0.2) is 18.7 Å². The van der Waals surface area contributed by atoms with Gasteiger partial charge in [-0.3, -0.25) is 0 Å². The van der Waals surface area contributed by atoms with E-state index in [0.29, 0.717) is 30.4 Å². The highest BCUT2D eigenvalue weighted by atomic mass is 16.6. The topological polar surface area (TPSA) is 38.3 Å². The highest BCUT2D eigenvalue weighted by molar-refractivity contribution is 5.68. The fourth-order valence-electron chi connectivity index (χ4n) is 2.72. The minimum Gasteiger partial charge on any atom is -0.449 e. The Morgan fingerprint density at radius 2 is 2.25 bits per heavy atom. The van der Waals surface area contributed by atoms with E-state index >= 15 is 0 Å². The summed E-state index contributed by atoms with van der Waals surface area (Å²) in [6, 6.07) is 0.362. The minimum absolute atomic E-state index is 0.239. The molecule has 1 heterocycles. The summed E-state index contributed by atoms with van der Waals surface area (Å²) >= 11 is 0. The lowest BCUT2D eigenvalue weighted by molar-refractivity contribution is 0.0769. The number of ether oxygens (including phenoxy) is 1. The molecule has 3 rings (SSSR count). The van der Waals surface area contributed by atoms with E-state index in [0.717, 1.165) is 0 Å². The largest absolute Gasteiger partial charge is 0.449 e. The van der Waals surface area contributed by atoms with Gasteiger partial charge in [0.25, 0.3) is 0 Å². The van der Waals surface area contributed by atoms with Gasteiger partial charge in [0.1, 0.15) is 0 Å². The summed E-state index contributed by atoms with van der Waals surface area (Å²) in [5.41, 5.74) is 0. The molecule has 1 saturated heterocycles. The van der Waals surface area contributed by atoms with Crippen molar-refractivity contribution in [2.24, 2.45) is 17.8 Å². The van der Waals surface area contributed by atoms with Crippen LogP contribution in [0.2, 0.25) is 0 Å². The molecule has 2 aliphatic carbocycles. The first kappa shape index (κ1) is 6.52. The van der Waals surface area contributed by atoms with Crippen molar-refractivity contribution in [2.75, 3.05) is 6.61 Å².